The molecule has 66 heavy (non-hydrogen) atoms. The maximum Gasteiger partial charge on any atom is 0.460 e. The molecule has 0 aromatic rings. The molecule has 0 amide bonds. The number of hydrogen-bond donors (Lipinski definition) is 3. The van der Waals surface area contributed by atoms with Gasteiger partial charge in [0.25, 0.3) is 7.82 Å². The summed E-state index contributed by atoms with van der Waals surface area (Å²) in [6.45, 7) is -4.57. The van der Waals surface area contributed by atoms with E-state index < -0.39 is 129 Å². The molecule has 400 valence electrons. The molecule has 42 heteroatoms. The van der Waals surface area contributed by atoms with Crippen LogP contribution in [0.5, 0.6) is 0 Å². The van der Waals surface area contributed by atoms with Crippen LogP contribution in [0.3, 0.4) is 0 Å². The maximum absolute atomic E-state index is 13.8. The largest absolute Gasteiger partial charge is 0.756 e. The molecule has 4 N–H and O–H groups in total. The van der Waals surface area contributed by atoms with Gasteiger partial charge >= 0.3 is 95.3 Å². The summed E-state index contributed by atoms with van der Waals surface area (Å²) in [6.07, 6.45) is -23.8. The monoisotopic (exact) mass is 1100 g/mol. The van der Waals surface area contributed by atoms with E-state index in [0.29, 0.717) is 13.1 Å². The van der Waals surface area contributed by atoms with Gasteiger partial charge in [0.1, 0.15) is 0 Å². The Bertz CT molecular complexity index is 1520. The minimum atomic E-state index is -9.12. The van der Waals surface area contributed by atoms with E-state index in [-0.39, 0.29) is 13.2 Å². The van der Waals surface area contributed by atoms with Crippen molar-refractivity contribution in [3.63, 3.8) is 0 Å². The molecule has 0 heterocycles. The van der Waals surface area contributed by atoms with E-state index in [2.05, 4.69) is 9.05 Å². The smallest absolute Gasteiger partial charge is 0.460 e. The van der Waals surface area contributed by atoms with Gasteiger partial charge in [-0.2, -0.15) is 149 Å². The summed E-state index contributed by atoms with van der Waals surface area (Å²) < 4.78 is 467. The number of phosphoric ester groups is 1. The van der Waals surface area contributed by atoms with Gasteiger partial charge in [-0.25, -0.2) is 0 Å². The molecule has 0 aliphatic rings. The summed E-state index contributed by atoms with van der Waals surface area (Å²) in [5.41, 5.74) is 0. The lowest BCUT2D eigenvalue weighted by atomic mass is 9.88. The van der Waals surface area contributed by atoms with Crippen LogP contribution in [0.1, 0.15) is 12.8 Å². The van der Waals surface area contributed by atoms with E-state index in [0.717, 1.165) is 0 Å². The summed E-state index contributed by atoms with van der Waals surface area (Å²) in [7, 11) is -7.18. The van der Waals surface area contributed by atoms with Gasteiger partial charge in [-0.3, -0.25) is 4.57 Å². The maximum atomic E-state index is 13.8. The highest BCUT2D eigenvalue weighted by molar-refractivity contribution is 7.45. The van der Waals surface area contributed by atoms with Gasteiger partial charge < -0.3 is 29.5 Å². The molecule has 0 aliphatic heterocycles. The molecule has 0 saturated heterocycles. The van der Waals surface area contributed by atoms with Crippen LogP contribution in [0, 0.1) is 0 Å². The van der Waals surface area contributed by atoms with Crippen molar-refractivity contribution in [1.29, 1.82) is 0 Å². The Hall–Kier alpha value is -2.39. The fraction of sp³-hybridized carbons (Fsp3) is 1.00. The lowest BCUT2D eigenvalue weighted by Crippen LogP contribution is -2.85. The topological polar surface area (TPSA) is 116 Å². The first-order valence-electron chi connectivity index (χ1n) is 15.4. The Morgan fingerprint density at radius 3 is 0.712 bits per heavy atom. The second-order valence-electron chi connectivity index (χ2n) is 12.2. The van der Waals surface area contributed by atoms with Crippen LogP contribution in [0.25, 0.3) is 0 Å². The van der Waals surface area contributed by atoms with Crippen molar-refractivity contribution in [1.82, 2.24) is 0 Å². The van der Waals surface area contributed by atoms with Crippen molar-refractivity contribution < 1.29 is 183 Å². The van der Waals surface area contributed by atoms with Crippen LogP contribution in [0.15, 0.2) is 0 Å². The van der Waals surface area contributed by atoms with E-state index >= 15 is 0 Å². The van der Waals surface area contributed by atoms with Crippen molar-refractivity contribution in [3.8, 4) is 0 Å². The number of hydrogen-bond acceptors (Lipinski definition) is 6. The highest BCUT2D eigenvalue weighted by Gasteiger charge is 2.97. The summed E-state index contributed by atoms with van der Waals surface area (Å²) in [5.74, 6) is -121. The summed E-state index contributed by atoms with van der Waals surface area (Å²) in [6, 6.07) is 0. The highest BCUT2D eigenvalue weighted by Crippen LogP contribution is 2.66. The van der Waals surface area contributed by atoms with E-state index in [4.69, 9.17) is 10.2 Å². The van der Waals surface area contributed by atoms with E-state index in [1.54, 1.807) is 0 Å². The van der Waals surface area contributed by atoms with Gasteiger partial charge in [0.2, 0.25) is 0 Å². The van der Waals surface area contributed by atoms with Gasteiger partial charge in [-0.05, 0) is 0 Å². The predicted molar refractivity (Wildman–Crippen MR) is 136 cm³/mol. The van der Waals surface area contributed by atoms with Crippen molar-refractivity contribution in [2.24, 2.45) is 0 Å². The quantitative estimate of drug-likeness (QED) is 0.0506. The zero-order valence-corrected chi connectivity index (χ0v) is 31.0. The second kappa shape index (κ2) is 19.4. The Morgan fingerprint density at radius 1 is 0.348 bits per heavy atom. The van der Waals surface area contributed by atoms with E-state index in [1.807, 2.05) is 5.32 Å². The Labute approximate surface area is 339 Å². The first-order chi connectivity index (χ1) is 28.3. The Kier molecular flexibility index (Phi) is 19.3. The first-order valence-corrected chi connectivity index (χ1v) is 16.8. The molecule has 0 aromatic carbocycles. The predicted octanol–water partition coefficient (Wildman–Crippen LogP) is 8.82. The highest BCUT2D eigenvalue weighted by atomic mass is 31.2. The number of rotatable bonds is 24. The normalized spacial score (nSPS) is 16.1. The number of phosphoric acid groups is 1. The number of alkyl halides is 34. The van der Waals surface area contributed by atoms with Crippen molar-refractivity contribution in [3.05, 3.63) is 0 Å². The van der Waals surface area contributed by atoms with E-state index in [1.165, 1.54) is 0 Å². The van der Waals surface area contributed by atoms with Crippen molar-refractivity contribution in [2.45, 2.75) is 108 Å². The number of aliphatic hydroxyl groups excluding tert-OH is 2. The first kappa shape index (κ1) is 65.7. The van der Waals surface area contributed by atoms with Crippen LogP contribution in [-0.4, -0.2) is 145 Å². The summed E-state index contributed by atoms with van der Waals surface area (Å²) in [4.78, 5) is 11.3. The molecular formula is C24H20F34NO6P. The fourth-order valence-electron chi connectivity index (χ4n) is 3.64. The van der Waals surface area contributed by atoms with Crippen LogP contribution < -0.4 is 10.2 Å². The van der Waals surface area contributed by atoms with Gasteiger partial charge in [-0.15, -0.1) is 0 Å². The number of nitrogens with two attached hydrogens (primary N) is 1. The molecule has 0 aromatic heterocycles. The lowest BCUT2D eigenvalue weighted by molar-refractivity contribution is -0.657. The zero-order valence-electron chi connectivity index (χ0n) is 30.1. The van der Waals surface area contributed by atoms with Crippen LogP contribution in [0.2, 0.25) is 0 Å². The molecule has 0 unspecified atom stereocenters. The minimum absolute atomic E-state index is 0.194. The van der Waals surface area contributed by atoms with Gasteiger partial charge in [0, 0.05) is 12.8 Å². The zero-order chi connectivity index (χ0) is 54.3. The number of quaternary nitrogens is 1. The molecule has 7 nitrogen and oxygen atoms in total. The van der Waals surface area contributed by atoms with Crippen LogP contribution in [0.4, 0.5) is 149 Å². The second-order valence-corrected chi connectivity index (χ2v) is 13.6. The fourth-order valence-corrected chi connectivity index (χ4v) is 4.35. The molecule has 0 spiro atoms. The van der Waals surface area contributed by atoms with Gasteiger partial charge in [0.15, 0.2) is 0 Å². The molecule has 0 fully saturated rings. The van der Waals surface area contributed by atoms with Crippen LogP contribution in [-0.2, 0) is 13.6 Å². The molecule has 0 rings (SSSR count). The van der Waals surface area contributed by atoms with E-state index in [9.17, 15) is 159 Å². The molecular weight excluding hydrogens is 1080 g/mol. The average molecular weight is 1100 g/mol. The summed E-state index contributed by atoms with van der Waals surface area (Å²) >= 11 is 0. The molecule has 0 saturated carbocycles. The SMILES string of the molecule is O=P([O-])(OCCC(F)(F)C(F)(F)C(F)(F)C(F)(F)C(F)(F)C(F)(F)C(F)(F)C(F)(F)F)OCCC(F)(F)C(F)(F)C(F)(F)C(F)(F)C(F)(F)C(F)(F)C(F)(F)C(F)(F)F.OCC[NH2+]CCO. The standard InChI is InChI=1S/C20H9F34O4P.C4H11NO2/c21-5(22,7(25,26)9(29,30)11(33,34)13(37,38)15(41,42)17(45,46)19(49,50)51)1-3-57-59(55,56)58-4-2-6(23,24)8(27,28)10(31,32)12(35,36)14(39,40)16(43,44)18(47,48)20(52,53)54;6-3-1-5-2-4-7/h1-4H2,(H,55,56);5-7H,1-4H2. The number of halogens is 34. The number of aliphatic hydroxyl groups is 2. The molecule has 0 aliphatic carbocycles. The van der Waals surface area contributed by atoms with Gasteiger partial charge in [0.05, 0.1) is 39.5 Å². The molecule has 0 radical (unpaired) electrons. The average Bonchev–Trinajstić information content (AvgIpc) is 3.09. The van der Waals surface area contributed by atoms with Crippen molar-refractivity contribution in [2.75, 3.05) is 39.5 Å². The van der Waals surface area contributed by atoms with Crippen molar-refractivity contribution >= 4 is 7.82 Å². The molecule has 0 atom stereocenters. The van der Waals surface area contributed by atoms with Gasteiger partial charge in [-0.1, -0.05) is 0 Å². The third-order valence-corrected chi connectivity index (χ3v) is 8.57. The van der Waals surface area contributed by atoms with Crippen LogP contribution >= 0.6 is 7.82 Å². The minimum Gasteiger partial charge on any atom is -0.756 e. The third kappa shape index (κ3) is 11.0. The Balaban J connectivity index is 0. The summed E-state index contributed by atoms with van der Waals surface area (Å²) in [5, 5.41) is 18.2. The molecule has 0 bridgehead atoms. The Morgan fingerprint density at radius 2 is 0.530 bits per heavy atom. The lowest BCUT2D eigenvalue weighted by Gasteiger charge is -2.43. The third-order valence-electron chi connectivity index (χ3n) is 7.57.